The normalized spacial score (nSPS) is 12.2. The maximum absolute atomic E-state index is 6.79. The molecule has 45 heavy (non-hydrogen) atoms. The van der Waals surface area contributed by atoms with E-state index in [1.54, 1.807) is 11.3 Å². The van der Waals surface area contributed by atoms with Gasteiger partial charge in [-0.15, -0.1) is 11.3 Å². The van der Waals surface area contributed by atoms with E-state index in [1.165, 1.54) is 16.7 Å². The van der Waals surface area contributed by atoms with Gasteiger partial charge in [0.05, 0.1) is 33.9 Å². The summed E-state index contributed by atoms with van der Waals surface area (Å²) >= 11 is 1.76. The zero-order chi connectivity index (χ0) is 30.5. The number of hydrogen-bond donors (Lipinski definition) is 0. The van der Waals surface area contributed by atoms with E-state index in [9.17, 15) is 0 Å². The number of furan rings is 1. The average Bonchev–Trinajstić information content (AvgIpc) is 3.87. The van der Waals surface area contributed by atoms with Crippen LogP contribution in [0.4, 0.5) is 0 Å². The second kappa shape index (κ2) is 11.0. The van der Waals surface area contributed by atoms with Crippen molar-refractivity contribution >= 4 is 56.2 Å². The van der Waals surface area contributed by atoms with Gasteiger partial charge in [-0.1, -0.05) is 89.5 Å². The molecule has 5 heterocycles. The third kappa shape index (κ3) is 5.13. The monoisotopic (exact) mass is 598 g/mol. The molecule has 0 saturated heterocycles. The molecule has 3 aromatic carbocycles. The van der Waals surface area contributed by atoms with E-state index in [-0.39, 0.29) is 0 Å². The molecule has 216 valence electrons. The molecule has 0 unspecified atom stereocenters. The first-order valence-electron chi connectivity index (χ1n) is 15.1. The van der Waals surface area contributed by atoms with Crippen LogP contribution in [-0.4, -0.2) is 9.97 Å². The molecule has 0 fully saturated rings. The summed E-state index contributed by atoms with van der Waals surface area (Å²) < 4.78 is 9.10. The topological polar surface area (TPSA) is 38.9 Å². The lowest BCUT2D eigenvalue weighted by molar-refractivity contribution is 0.667. The van der Waals surface area contributed by atoms with E-state index in [4.69, 9.17) is 14.4 Å². The number of nitrogens with zero attached hydrogens (tertiary/aromatic N) is 2. The van der Waals surface area contributed by atoms with Crippen LogP contribution in [0.25, 0.3) is 78.3 Å². The highest BCUT2D eigenvalue weighted by Crippen LogP contribution is 2.39. The summed E-state index contributed by atoms with van der Waals surface area (Å²) in [4.78, 5) is 10.4. The standard InChI is InChI=1S/C41H30N2OS/c1-25-4-10-28(11-5-25)39-33-18-16-31(42-33)24-32-17-23-38(45-32)41(30-14-8-27(3)9-15-30)35-20-19-34(43-35)40(37-22-21-36(39)44-37)29-12-6-26(2)7-13-29/h4-24H,1-3H3. The smallest absolute Gasteiger partial charge is 0.137 e. The van der Waals surface area contributed by atoms with Crippen molar-refractivity contribution in [2.45, 2.75) is 20.8 Å². The number of benzene rings is 3. The van der Waals surface area contributed by atoms with Gasteiger partial charge in [-0.2, -0.15) is 0 Å². The predicted octanol–water partition coefficient (Wildman–Crippen LogP) is 11.6. The summed E-state index contributed by atoms with van der Waals surface area (Å²) in [6.07, 6.45) is 8.44. The number of aryl methyl sites for hydroxylation is 3. The van der Waals surface area contributed by atoms with Crippen LogP contribution in [0.3, 0.4) is 0 Å². The van der Waals surface area contributed by atoms with E-state index in [2.05, 4.69) is 148 Å². The molecule has 2 aliphatic heterocycles. The van der Waals surface area contributed by atoms with Crippen molar-refractivity contribution in [3.8, 4) is 33.4 Å². The lowest BCUT2D eigenvalue weighted by Gasteiger charge is -2.06. The molecule has 6 aromatic rings. The first kappa shape index (κ1) is 27.2. The first-order valence-corrected chi connectivity index (χ1v) is 16.0. The van der Waals surface area contributed by atoms with Crippen LogP contribution in [0.15, 0.2) is 108 Å². The van der Waals surface area contributed by atoms with Gasteiger partial charge in [-0.3, -0.25) is 0 Å². The van der Waals surface area contributed by atoms with E-state index in [0.29, 0.717) is 0 Å². The first-order chi connectivity index (χ1) is 22.0. The minimum absolute atomic E-state index is 0.767. The Labute approximate surface area is 266 Å². The molecular formula is C41H30N2OS. The van der Waals surface area contributed by atoms with Crippen molar-refractivity contribution in [1.29, 1.82) is 0 Å². The Morgan fingerprint density at radius 1 is 0.467 bits per heavy atom. The van der Waals surface area contributed by atoms with E-state index in [1.807, 2.05) is 0 Å². The maximum Gasteiger partial charge on any atom is 0.137 e. The highest BCUT2D eigenvalue weighted by molar-refractivity contribution is 7.23. The van der Waals surface area contributed by atoms with Gasteiger partial charge in [0, 0.05) is 15.0 Å². The van der Waals surface area contributed by atoms with Crippen LogP contribution in [-0.2, 0) is 0 Å². The number of fused-ring (bicyclic) bond motifs is 8. The van der Waals surface area contributed by atoms with Crippen molar-refractivity contribution in [3.05, 3.63) is 143 Å². The molecule has 0 spiro atoms. The molecule has 0 aliphatic carbocycles. The van der Waals surface area contributed by atoms with Gasteiger partial charge in [0.15, 0.2) is 0 Å². The molecule has 4 heteroatoms. The fraction of sp³-hybridized carbons (Fsp3) is 0.0732. The van der Waals surface area contributed by atoms with Crippen LogP contribution in [0.5, 0.6) is 0 Å². The van der Waals surface area contributed by atoms with E-state index in [0.717, 1.165) is 76.7 Å². The van der Waals surface area contributed by atoms with Gasteiger partial charge in [-0.05, 0) is 92.1 Å². The second-order valence-electron chi connectivity index (χ2n) is 11.7. The van der Waals surface area contributed by atoms with E-state index >= 15 is 0 Å². The van der Waals surface area contributed by atoms with Crippen LogP contribution in [0.1, 0.15) is 39.5 Å². The van der Waals surface area contributed by atoms with Crippen molar-refractivity contribution in [1.82, 2.24) is 9.97 Å². The Bertz CT molecular complexity index is 2270. The Morgan fingerprint density at radius 2 is 0.933 bits per heavy atom. The van der Waals surface area contributed by atoms with Crippen molar-refractivity contribution < 1.29 is 4.42 Å². The fourth-order valence-electron chi connectivity index (χ4n) is 5.97. The number of aromatic nitrogens is 2. The molecule has 0 amide bonds. The summed E-state index contributed by atoms with van der Waals surface area (Å²) in [6, 6.07) is 36.5. The summed E-state index contributed by atoms with van der Waals surface area (Å²) in [5, 5.41) is 0. The summed E-state index contributed by atoms with van der Waals surface area (Å²) in [5.41, 5.74) is 15.1. The van der Waals surface area contributed by atoms with Gasteiger partial charge in [0.2, 0.25) is 0 Å². The van der Waals surface area contributed by atoms with Crippen molar-refractivity contribution in [2.24, 2.45) is 0 Å². The van der Waals surface area contributed by atoms with Crippen molar-refractivity contribution in [2.75, 3.05) is 0 Å². The molecule has 8 rings (SSSR count). The number of hydrogen-bond acceptors (Lipinski definition) is 4. The third-order valence-corrected chi connectivity index (χ3v) is 9.40. The van der Waals surface area contributed by atoms with E-state index < -0.39 is 0 Å². The minimum atomic E-state index is 0.767. The fourth-order valence-corrected chi connectivity index (χ4v) is 7.00. The molecule has 0 atom stereocenters. The van der Waals surface area contributed by atoms with Gasteiger partial charge in [-0.25, -0.2) is 9.97 Å². The lowest BCUT2D eigenvalue weighted by Crippen LogP contribution is -1.87. The SMILES string of the molecule is Cc1ccc(-c2c3nc(cc4ccc(s4)c(-c4ccc(C)cc4)c4nc(c(-c5ccc(C)cc5)c5ccc2o5)C=C4)C=C3)cc1. The molecule has 0 saturated carbocycles. The summed E-state index contributed by atoms with van der Waals surface area (Å²) in [5.74, 6) is 0. The number of thiophene rings is 1. The molecule has 0 radical (unpaired) electrons. The Kier molecular flexibility index (Phi) is 6.66. The Balaban J connectivity index is 1.52. The Hall–Kier alpha value is -5.32. The van der Waals surface area contributed by atoms with Gasteiger partial charge in [0.25, 0.3) is 0 Å². The highest BCUT2D eigenvalue weighted by Gasteiger charge is 2.18. The summed E-state index contributed by atoms with van der Waals surface area (Å²) in [7, 11) is 0. The molecule has 3 aromatic heterocycles. The lowest BCUT2D eigenvalue weighted by atomic mass is 10.0. The van der Waals surface area contributed by atoms with Crippen LogP contribution < -0.4 is 0 Å². The largest absolute Gasteiger partial charge is 0.456 e. The summed E-state index contributed by atoms with van der Waals surface area (Å²) in [6.45, 7) is 6.33. The highest BCUT2D eigenvalue weighted by atomic mass is 32.1. The van der Waals surface area contributed by atoms with Gasteiger partial charge in [0.1, 0.15) is 11.2 Å². The minimum Gasteiger partial charge on any atom is -0.456 e. The van der Waals surface area contributed by atoms with Crippen molar-refractivity contribution in [3.63, 3.8) is 0 Å². The number of rotatable bonds is 3. The molecule has 0 N–H and O–H groups in total. The molecule has 8 bridgehead atoms. The van der Waals surface area contributed by atoms with Crippen LogP contribution in [0, 0.1) is 20.8 Å². The van der Waals surface area contributed by atoms with Gasteiger partial charge >= 0.3 is 0 Å². The van der Waals surface area contributed by atoms with Gasteiger partial charge < -0.3 is 4.42 Å². The predicted molar refractivity (Wildman–Crippen MR) is 191 cm³/mol. The molecular weight excluding hydrogens is 569 g/mol. The molecule has 2 aliphatic rings. The second-order valence-corrected chi connectivity index (χ2v) is 12.8. The maximum atomic E-state index is 6.79. The average molecular weight is 599 g/mol. The van der Waals surface area contributed by atoms with Crippen LogP contribution in [0.2, 0.25) is 0 Å². The molecule has 3 nitrogen and oxygen atoms in total. The third-order valence-electron chi connectivity index (χ3n) is 8.35. The zero-order valence-corrected chi connectivity index (χ0v) is 26.2. The Morgan fingerprint density at radius 3 is 1.49 bits per heavy atom. The quantitative estimate of drug-likeness (QED) is 0.203. The van der Waals surface area contributed by atoms with Crippen LogP contribution >= 0.6 is 11.3 Å². The zero-order valence-electron chi connectivity index (χ0n) is 25.3.